The summed E-state index contributed by atoms with van der Waals surface area (Å²) >= 11 is 22.9. The molecule has 0 fully saturated rings. The Balaban J connectivity index is 1.85. The van der Waals surface area contributed by atoms with E-state index in [0.717, 1.165) is 6.42 Å². The number of carbonyl (C=O) groups is 1. The number of ether oxygens (including phenoxy) is 1. The molecule has 0 bridgehead atoms. The van der Waals surface area contributed by atoms with Gasteiger partial charge in [-0.3, -0.25) is 10.1 Å². The Morgan fingerprint density at radius 3 is 2.36 bits per heavy atom. The minimum absolute atomic E-state index is 0.0789. The molecule has 132 valence electrons. The average molecular weight is 418 g/mol. The monoisotopic (exact) mass is 416 g/mol. The van der Waals surface area contributed by atoms with Crippen molar-refractivity contribution in [1.82, 2.24) is 5.32 Å². The zero-order valence-corrected chi connectivity index (χ0v) is 16.3. The van der Waals surface area contributed by atoms with Crippen molar-refractivity contribution in [2.75, 3.05) is 11.9 Å². The number of benzene rings is 2. The zero-order valence-electron chi connectivity index (χ0n) is 13.2. The van der Waals surface area contributed by atoms with Crippen LogP contribution >= 0.6 is 47.0 Å². The first kappa shape index (κ1) is 19.8. The maximum atomic E-state index is 11.9. The van der Waals surface area contributed by atoms with Crippen LogP contribution in [0, 0.1) is 0 Å². The van der Waals surface area contributed by atoms with Gasteiger partial charge in [0.2, 0.25) is 0 Å². The number of halogens is 3. The highest BCUT2D eigenvalue weighted by molar-refractivity contribution is 7.80. The SMILES string of the molecule is CCc1ccc(OCC(=O)NC(=S)Nc2cc(Cl)c(Cl)cc2Cl)cc1. The average Bonchev–Trinajstić information content (AvgIpc) is 2.58. The topological polar surface area (TPSA) is 50.4 Å². The molecular weight excluding hydrogens is 403 g/mol. The molecule has 0 saturated carbocycles. The predicted octanol–water partition coefficient (Wildman–Crippen LogP) is 5.10. The second-order valence-electron chi connectivity index (χ2n) is 5.03. The largest absolute Gasteiger partial charge is 0.484 e. The first-order valence-electron chi connectivity index (χ1n) is 7.36. The van der Waals surface area contributed by atoms with Crippen LogP contribution in [-0.2, 0) is 11.2 Å². The summed E-state index contributed by atoms with van der Waals surface area (Å²) in [6.45, 7) is 1.90. The lowest BCUT2D eigenvalue weighted by Crippen LogP contribution is -2.37. The Hall–Kier alpha value is -1.53. The van der Waals surface area contributed by atoms with Crippen LogP contribution in [0.2, 0.25) is 15.1 Å². The van der Waals surface area contributed by atoms with Crippen molar-refractivity contribution in [3.05, 3.63) is 57.0 Å². The minimum Gasteiger partial charge on any atom is -0.484 e. The van der Waals surface area contributed by atoms with E-state index in [2.05, 4.69) is 17.6 Å². The fraction of sp³-hybridized carbons (Fsp3) is 0.176. The van der Waals surface area contributed by atoms with E-state index in [1.807, 2.05) is 24.3 Å². The van der Waals surface area contributed by atoms with Gasteiger partial charge in [0.1, 0.15) is 5.75 Å². The molecule has 0 unspecified atom stereocenters. The maximum absolute atomic E-state index is 11.9. The number of nitrogens with one attached hydrogen (secondary N) is 2. The van der Waals surface area contributed by atoms with Crippen LogP contribution in [0.25, 0.3) is 0 Å². The van der Waals surface area contributed by atoms with Crippen LogP contribution in [0.5, 0.6) is 5.75 Å². The van der Waals surface area contributed by atoms with Gasteiger partial charge in [-0.15, -0.1) is 0 Å². The fourth-order valence-corrected chi connectivity index (χ4v) is 2.72. The van der Waals surface area contributed by atoms with Gasteiger partial charge in [-0.2, -0.15) is 0 Å². The van der Waals surface area contributed by atoms with Gasteiger partial charge in [0.15, 0.2) is 11.7 Å². The molecule has 8 heteroatoms. The van der Waals surface area contributed by atoms with Gasteiger partial charge in [-0.25, -0.2) is 0 Å². The second-order valence-corrected chi connectivity index (χ2v) is 6.66. The van der Waals surface area contributed by atoms with Crippen molar-refractivity contribution in [2.24, 2.45) is 0 Å². The molecule has 25 heavy (non-hydrogen) atoms. The Kier molecular flexibility index (Phi) is 7.32. The summed E-state index contributed by atoms with van der Waals surface area (Å²) in [7, 11) is 0. The van der Waals surface area contributed by atoms with E-state index >= 15 is 0 Å². The third kappa shape index (κ3) is 6.04. The van der Waals surface area contributed by atoms with E-state index in [-0.39, 0.29) is 11.7 Å². The molecule has 2 aromatic rings. The number of anilines is 1. The lowest BCUT2D eigenvalue weighted by atomic mass is 10.2. The number of rotatable bonds is 5. The van der Waals surface area contributed by atoms with E-state index in [9.17, 15) is 4.79 Å². The van der Waals surface area contributed by atoms with Crippen LogP contribution in [-0.4, -0.2) is 17.6 Å². The van der Waals surface area contributed by atoms with Crippen molar-refractivity contribution in [2.45, 2.75) is 13.3 Å². The Morgan fingerprint density at radius 2 is 1.72 bits per heavy atom. The smallest absolute Gasteiger partial charge is 0.264 e. The third-order valence-corrected chi connectivity index (χ3v) is 4.45. The van der Waals surface area contributed by atoms with Crippen LogP contribution in [0.4, 0.5) is 5.69 Å². The van der Waals surface area contributed by atoms with Gasteiger partial charge in [0.05, 0.1) is 20.8 Å². The van der Waals surface area contributed by atoms with Crippen LogP contribution in [0.1, 0.15) is 12.5 Å². The predicted molar refractivity (Wildman–Crippen MR) is 107 cm³/mol. The van der Waals surface area contributed by atoms with E-state index < -0.39 is 5.91 Å². The van der Waals surface area contributed by atoms with Crippen LogP contribution < -0.4 is 15.4 Å². The Bertz CT molecular complexity index is 782. The maximum Gasteiger partial charge on any atom is 0.264 e. The summed E-state index contributed by atoms with van der Waals surface area (Å²) in [4.78, 5) is 11.9. The summed E-state index contributed by atoms with van der Waals surface area (Å²) in [5, 5.41) is 6.36. The molecule has 0 aliphatic carbocycles. The van der Waals surface area contributed by atoms with Crippen LogP contribution in [0.15, 0.2) is 36.4 Å². The third-order valence-electron chi connectivity index (χ3n) is 3.21. The summed E-state index contributed by atoms with van der Waals surface area (Å²) in [6, 6.07) is 10.5. The van der Waals surface area contributed by atoms with Crippen LogP contribution in [0.3, 0.4) is 0 Å². The highest BCUT2D eigenvalue weighted by atomic mass is 35.5. The second kappa shape index (κ2) is 9.25. The lowest BCUT2D eigenvalue weighted by Gasteiger charge is -2.12. The molecule has 0 radical (unpaired) electrons. The van der Waals surface area contributed by atoms with E-state index in [1.165, 1.54) is 17.7 Å². The Morgan fingerprint density at radius 1 is 1.08 bits per heavy atom. The molecule has 2 aromatic carbocycles. The summed E-state index contributed by atoms with van der Waals surface area (Å²) in [5.41, 5.74) is 1.64. The van der Waals surface area contributed by atoms with Crippen molar-refractivity contribution >= 4 is 63.7 Å². The highest BCUT2D eigenvalue weighted by Crippen LogP contribution is 2.32. The van der Waals surface area contributed by atoms with Crippen molar-refractivity contribution < 1.29 is 9.53 Å². The van der Waals surface area contributed by atoms with Crippen molar-refractivity contribution in [3.8, 4) is 5.75 Å². The number of carbonyl (C=O) groups excluding carboxylic acids is 1. The molecule has 2 rings (SSSR count). The normalized spacial score (nSPS) is 10.2. The molecular formula is C17H15Cl3N2O2S. The van der Waals surface area contributed by atoms with Gasteiger partial charge in [0.25, 0.3) is 5.91 Å². The molecule has 0 atom stereocenters. The van der Waals surface area contributed by atoms with Gasteiger partial charge < -0.3 is 10.1 Å². The molecule has 0 aliphatic heterocycles. The van der Waals surface area contributed by atoms with Crippen molar-refractivity contribution in [3.63, 3.8) is 0 Å². The summed E-state index contributed by atoms with van der Waals surface area (Å²) < 4.78 is 5.41. The van der Waals surface area contributed by atoms with E-state index in [1.54, 1.807) is 0 Å². The minimum atomic E-state index is -0.395. The number of hydrogen-bond donors (Lipinski definition) is 2. The first-order valence-corrected chi connectivity index (χ1v) is 8.90. The molecule has 0 saturated heterocycles. The van der Waals surface area contributed by atoms with Gasteiger partial charge >= 0.3 is 0 Å². The Labute approximate surface area is 166 Å². The van der Waals surface area contributed by atoms with Crippen molar-refractivity contribution in [1.29, 1.82) is 0 Å². The molecule has 0 heterocycles. The molecule has 0 aliphatic rings. The summed E-state index contributed by atoms with van der Waals surface area (Å²) in [6.07, 6.45) is 0.942. The number of hydrogen-bond acceptors (Lipinski definition) is 3. The van der Waals surface area contributed by atoms with Gasteiger partial charge in [-0.05, 0) is 48.5 Å². The molecule has 0 spiro atoms. The lowest BCUT2D eigenvalue weighted by molar-refractivity contribution is -0.121. The molecule has 4 nitrogen and oxygen atoms in total. The van der Waals surface area contributed by atoms with Gasteiger partial charge in [0, 0.05) is 0 Å². The number of thiocarbonyl (C=S) groups is 1. The zero-order chi connectivity index (χ0) is 18.4. The molecule has 0 aromatic heterocycles. The highest BCUT2D eigenvalue weighted by Gasteiger charge is 2.10. The quantitative estimate of drug-likeness (QED) is 0.525. The number of aryl methyl sites for hydroxylation is 1. The first-order chi connectivity index (χ1) is 11.9. The molecule has 2 N–H and O–H groups in total. The molecule has 1 amide bonds. The fourth-order valence-electron chi connectivity index (χ4n) is 1.90. The van der Waals surface area contributed by atoms with E-state index in [4.69, 9.17) is 51.8 Å². The number of amides is 1. The van der Waals surface area contributed by atoms with E-state index in [0.29, 0.717) is 26.5 Å². The summed E-state index contributed by atoms with van der Waals surface area (Å²) in [5.74, 6) is 0.215. The standard InChI is InChI=1S/C17H15Cl3N2O2S/c1-2-10-3-5-11(6-4-10)24-9-16(23)22-17(25)21-15-8-13(19)12(18)7-14(15)20/h3-8H,2,9H2,1H3,(H2,21,22,23,25). The van der Waals surface area contributed by atoms with Gasteiger partial charge in [-0.1, -0.05) is 53.9 Å².